The van der Waals surface area contributed by atoms with Gasteiger partial charge >= 0.3 is 5.97 Å². The maximum absolute atomic E-state index is 11.2. The highest BCUT2D eigenvalue weighted by Crippen LogP contribution is 2.33. The van der Waals surface area contributed by atoms with Crippen molar-refractivity contribution in [3.63, 3.8) is 0 Å². The molecule has 2 unspecified atom stereocenters. The van der Waals surface area contributed by atoms with Gasteiger partial charge < -0.3 is 14.8 Å². The van der Waals surface area contributed by atoms with Crippen LogP contribution in [0.2, 0.25) is 10.0 Å². The maximum Gasteiger partial charge on any atom is 0.302 e. The van der Waals surface area contributed by atoms with E-state index in [0.717, 1.165) is 17.5 Å². The highest BCUT2D eigenvalue weighted by molar-refractivity contribution is 6.30. The van der Waals surface area contributed by atoms with Crippen molar-refractivity contribution in [2.75, 3.05) is 18.5 Å². The first-order valence-electron chi connectivity index (χ1n) is 12.1. The number of hydrogen-bond acceptors (Lipinski definition) is 8. The highest BCUT2D eigenvalue weighted by atomic mass is 35.5. The Morgan fingerprint density at radius 1 is 1.13 bits per heavy atom. The zero-order valence-corrected chi connectivity index (χ0v) is 22.0. The Balaban J connectivity index is 1.42. The molecule has 3 heterocycles. The van der Waals surface area contributed by atoms with Gasteiger partial charge in [0.2, 0.25) is 5.82 Å². The smallest absolute Gasteiger partial charge is 0.302 e. The second kappa shape index (κ2) is 11.4. The summed E-state index contributed by atoms with van der Waals surface area (Å²) in [5.74, 6) is 0.0727. The molecule has 38 heavy (non-hydrogen) atoms. The third-order valence-electron chi connectivity index (χ3n) is 6.41. The number of nitrogens with one attached hydrogen (secondary N) is 1. The zero-order valence-electron chi connectivity index (χ0n) is 20.5. The number of ether oxygens (including phenoxy) is 2. The van der Waals surface area contributed by atoms with Crippen molar-refractivity contribution in [1.82, 2.24) is 19.5 Å². The number of hydrogen-bond donors (Lipinski definition) is 1. The molecule has 1 saturated heterocycles. The summed E-state index contributed by atoms with van der Waals surface area (Å²) in [4.78, 5) is 24.5. The molecule has 2 aromatic heterocycles. The van der Waals surface area contributed by atoms with E-state index < -0.39 is 0 Å². The molecule has 0 amide bonds. The van der Waals surface area contributed by atoms with E-state index in [-0.39, 0.29) is 36.7 Å². The van der Waals surface area contributed by atoms with Crippen LogP contribution < -0.4 is 5.32 Å². The van der Waals surface area contributed by atoms with Crippen LogP contribution in [0.15, 0.2) is 54.9 Å². The van der Waals surface area contributed by atoms with Crippen LogP contribution in [0, 0.1) is 11.3 Å². The average Bonchev–Trinajstić information content (AvgIpc) is 3.56. The first-order chi connectivity index (χ1) is 18.4. The molecule has 2 atom stereocenters. The number of nitrogens with zero attached hydrogens (tertiary/aromatic N) is 5. The quantitative estimate of drug-likeness (QED) is 0.286. The molecule has 5 rings (SSSR count). The zero-order chi connectivity index (χ0) is 26.6. The number of halogens is 2. The summed E-state index contributed by atoms with van der Waals surface area (Å²) in [5.41, 5.74) is 3.13. The standard InChI is InChI=1S/C27H24Cl2N6O3/c1-16(36)37-14-21-10-11-24(38-21)35-15-32-25-26(33-23(12-30)34-27(25)35)31-13-22(17-2-6-19(28)7-3-17)18-4-8-20(29)9-5-18/h2-9,15,21-22,24H,10-11,13-14H2,1H3,(H,31,33,34). The van der Waals surface area contributed by atoms with Gasteiger partial charge in [-0.3, -0.25) is 9.36 Å². The summed E-state index contributed by atoms with van der Waals surface area (Å²) in [6.07, 6.45) is 2.51. The lowest BCUT2D eigenvalue weighted by atomic mass is 9.91. The summed E-state index contributed by atoms with van der Waals surface area (Å²) in [6.45, 7) is 2.03. The largest absolute Gasteiger partial charge is 0.463 e. The van der Waals surface area contributed by atoms with Crippen LogP contribution in [0.3, 0.4) is 0 Å². The Kier molecular flexibility index (Phi) is 7.74. The molecule has 194 valence electrons. The lowest BCUT2D eigenvalue weighted by Gasteiger charge is -2.20. The topological polar surface area (TPSA) is 115 Å². The molecular weight excluding hydrogens is 527 g/mol. The van der Waals surface area contributed by atoms with E-state index >= 15 is 0 Å². The van der Waals surface area contributed by atoms with Crippen molar-refractivity contribution in [2.45, 2.75) is 38.0 Å². The lowest BCUT2D eigenvalue weighted by Crippen LogP contribution is -2.18. The molecule has 2 aromatic carbocycles. The SMILES string of the molecule is CC(=O)OCC1CCC(n2cnc3c(NCC(c4ccc(Cl)cc4)c4ccc(Cl)cc4)nc(C#N)nc32)O1. The molecule has 1 N–H and O–H groups in total. The minimum absolute atomic E-state index is 0.0192. The van der Waals surface area contributed by atoms with Crippen LogP contribution in [0.4, 0.5) is 5.82 Å². The van der Waals surface area contributed by atoms with Crippen LogP contribution in [0.5, 0.6) is 0 Å². The van der Waals surface area contributed by atoms with Crippen LogP contribution >= 0.6 is 23.2 Å². The number of aromatic nitrogens is 4. The van der Waals surface area contributed by atoms with E-state index in [4.69, 9.17) is 32.7 Å². The molecule has 0 bridgehead atoms. The average molecular weight is 551 g/mol. The van der Waals surface area contributed by atoms with Crippen molar-refractivity contribution >= 4 is 46.2 Å². The predicted octanol–water partition coefficient (Wildman–Crippen LogP) is 5.49. The Morgan fingerprint density at radius 2 is 1.79 bits per heavy atom. The third-order valence-corrected chi connectivity index (χ3v) is 6.91. The molecule has 1 fully saturated rings. The summed E-state index contributed by atoms with van der Waals surface area (Å²) in [7, 11) is 0. The van der Waals surface area contributed by atoms with Crippen LogP contribution in [0.1, 0.15) is 48.9 Å². The van der Waals surface area contributed by atoms with Gasteiger partial charge in [-0.1, -0.05) is 47.5 Å². The van der Waals surface area contributed by atoms with Gasteiger partial charge in [0, 0.05) is 29.4 Å². The number of benzene rings is 2. The van der Waals surface area contributed by atoms with Crippen molar-refractivity contribution in [3.8, 4) is 6.07 Å². The fraction of sp³-hybridized carbons (Fsp3) is 0.296. The van der Waals surface area contributed by atoms with Crippen LogP contribution in [0.25, 0.3) is 11.2 Å². The number of rotatable bonds is 8. The van der Waals surface area contributed by atoms with E-state index in [9.17, 15) is 10.1 Å². The molecule has 0 radical (unpaired) electrons. The lowest BCUT2D eigenvalue weighted by molar-refractivity contribution is -0.145. The second-order valence-corrected chi connectivity index (χ2v) is 9.83. The predicted molar refractivity (Wildman–Crippen MR) is 143 cm³/mol. The fourth-order valence-electron chi connectivity index (χ4n) is 4.54. The van der Waals surface area contributed by atoms with Gasteiger partial charge in [0.05, 0.1) is 12.4 Å². The van der Waals surface area contributed by atoms with Crippen LogP contribution in [-0.2, 0) is 14.3 Å². The molecule has 0 saturated carbocycles. The highest BCUT2D eigenvalue weighted by Gasteiger charge is 2.29. The first kappa shape index (κ1) is 25.9. The Labute approximate surface area is 229 Å². The van der Waals surface area contributed by atoms with Gasteiger partial charge in [0.1, 0.15) is 18.9 Å². The molecule has 9 nitrogen and oxygen atoms in total. The number of esters is 1. The first-order valence-corrected chi connectivity index (χ1v) is 12.8. The number of carbonyl (C=O) groups excluding carboxylic acids is 1. The van der Waals surface area contributed by atoms with Crippen molar-refractivity contribution in [1.29, 1.82) is 5.26 Å². The normalized spacial score (nSPS) is 17.0. The Hall–Kier alpha value is -3.71. The number of imidazole rings is 1. The second-order valence-electron chi connectivity index (χ2n) is 8.96. The molecule has 1 aliphatic heterocycles. The molecular formula is C27H24Cl2N6O3. The number of anilines is 1. The van der Waals surface area contributed by atoms with Crippen molar-refractivity contribution in [2.24, 2.45) is 0 Å². The van der Waals surface area contributed by atoms with Crippen molar-refractivity contribution in [3.05, 3.63) is 81.9 Å². The van der Waals surface area contributed by atoms with E-state index in [0.29, 0.717) is 40.0 Å². The monoisotopic (exact) mass is 550 g/mol. The minimum atomic E-state index is -0.345. The maximum atomic E-state index is 11.2. The number of nitriles is 1. The minimum Gasteiger partial charge on any atom is -0.463 e. The molecule has 0 aliphatic carbocycles. The van der Waals surface area contributed by atoms with Gasteiger partial charge in [-0.2, -0.15) is 15.2 Å². The summed E-state index contributed by atoms with van der Waals surface area (Å²) in [6, 6.07) is 17.4. The molecule has 1 aliphatic rings. The van der Waals surface area contributed by atoms with Crippen molar-refractivity contribution < 1.29 is 14.3 Å². The van der Waals surface area contributed by atoms with Gasteiger partial charge in [-0.05, 0) is 48.2 Å². The van der Waals surface area contributed by atoms with E-state index in [1.807, 2.05) is 54.6 Å². The molecule has 4 aromatic rings. The van der Waals surface area contributed by atoms with Crippen LogP contribution in [-0.4, -0.2) is 44.7 Å². The van der Waals surface area contributed by atoms with E-state index in [1.165, 1.54) is 6.92 Å². The van der Waals surface area contributed by atoms with Gasteiger partial charge in [-0.15, -0.1) is 0 Å². The number of carbonyl (C=O) groups is 1. The molecule has 11 heteroatoms. The van der Waals surface area contributed by atoms with E-state index in [2.05, 4.69) is 20.3 Å². The summed E-state index contributed by atoms with van der Waals surface area (Å²) >= 11 is 12.3. The van der Waals surface area contributed by atoms with Gasteiger partial charge in [-0.25, -0.2) is 4.98 Å². The summed E-state index contributed by atoms with van der Waals surface area (Å²) < 4.78 is 13.0. The third kappa shape index (κ3) is 5.73. The van der Waals surface area contributed by atoms with Gasteiger partial charge in [0.15, 0.2) is 17.0 Å². The Bertz CT molecular complexity index is 1440. The Morgan fingerprint density at radius 3 is 2.39 bits per heavy atom. The number of fused-ring (bicyclic) bond motifs is 1. The fourth-order valence-corrected chi connectivity index (χ4v) is 4.79. The van der Waals surface area contributed by atoms with Gasteiger partial charge in [0.25, 0.3) is 0 Å². The van der Waals surface area contributed by atoms with E-state index in [1.54, 1.807) is 10.9 Å². The summed E-state index contributed by atoms with van der Waals surface area (Å²) in [5, 5.41) is 14.3. The molecule has 0 spiro atoms.